The van der Waals surface area contributed by atoms with Gasteiger partial charge in [0.25, 0.3) is 5.91 Å². The number of hydrogen-bond donors (Lipinski definition) is 1. The summed E-state index contributed by atoms with van der Waals surface area (Å²) < 4.78 is 4.93. The lowest BCUT2D eigenvalue weighted by Crippen LogP contribution is -2.27. The summed E-state index contributed by atoms with van der Waals surface area (Å²) >= 11 is 0. The molecule has 0 spiro atoms. The SMILES string of the molecule is COc1ccc(C(=O)NC(C)=O)cc1. The monoisotopic (exact) mass is 193 g/mol. The van der Waals surface area contributed by atoms with Gasteiger partial charge in [-0.3, -0.25) is 14.9 Å². The van der Waals surface area contributed by atoms with Crippen LogP contribution < -0.4 is 10.1 Å². The van der Waals surface area contributed by atoms with E-state index >= 15 is 0 Å². The van der Waals surface area contributed by atoms with Gasteiger partial charge >= 0.3 is 0 Å². The second kappa shape index (κ2) is 4.41. The maximum Gasteiger partial charge on any atom is 0.257 e. The normalized spacial score (nSPS) is 9.29. The number of methoxy groups -OCH3 is 1. The quantitative estimate of drug-likeness (QED) is 0.761. The van der Waals surface area contributed by atoms with Gasteiger partial charge in [-0.25, -0.2) is 0 Å². The molecule has 0 heterocycles. The molecule has 0 saturated heterocycles. The molecule has 0 aliphatic heterocycles. The van der Waals surface area contributed by atoms with Crippen LogP contribution >= 0.6 is 0 Å². The van der Waals surface area contributed by atoms with E-state index in [1.54, 1.807) is 31.4 Å². The molecule has 74 valence electrons. The summed E-state index contributed by atoms with van der Waals surface area (Å²) in [6.45, 7) is 1.29. The van der Waals surface area contributed by atoms with Crippen molar-refractivity contribution in [2.45, 2.75) is 6.92 Å². The molecule has 0 bridgehead atoms. The van der Waals surface area contributed by atoms with Crippen LogP contribution in [0.15, 0.2) is 24.3 Å². The Balaban J connectivity index is 2.76. The Labute approximate surface area is 81.9 Å². The first-order valence-corrected chi connectivity index (χ1v) is 4.09. The van der Waals surface area contributed by atoms with Gasteiger partial charge in [0, 0.05) is 12.5 Å². The van der Waals surface area contributed by atoms with Crippen molar-refractivity contribution in [1.29, 1.82) is 0 Å². The van der Waals surface area contributed by atoms with Crippen LogP contribution in [0.5, 0.6) is 5.75 Å². The Hall–Kier alpha value is -1.84. The number of amides is 2. The Kier molecular flexibility index (Phi) is 3.23. The van der Waals surface area contributed by atoms with E-state index in [4.69, 9.17) is 4.74 Å². The number of hydrogen-bond acceptors (Lipinski definition) is 3. The van der Waals surface area contributed by atoms with Crippen molar-refractivity contribution in [3.8, 4) is 5.75 Å². The average molecular weight is 193 g/mol. The molecule has 0 fully saturated rings. The van der Waals surface area contributed by atoms with Crippen LogP contribution in [0, 0.1) is 0 Å². The zero-order valence-electron chi connectivity index (χ0n) is 8.03. The maximum atomic E-state index is 11.3. The van der Waals surface area contributed by atoms with Gasteiger partial charge < -0.3 is 4.74 Å². The van der Waals surface area contributed by atoms with E-state index in [0.29, 0.717) is 11.3 Å². The van der Waals surface area contributed by atoms with Gasteiger partial charge in [-0.15, -0.1) is 0 Å². The lowest BCUT2D eigenvalue weighted by atomic mass is 10.2. The Morgan fingerprint density at radius 2 is 1.79 bits per heavy atom. The standard InChI is InChI=1S/C10H11NO3/c1-7(12)11-10(13)8-3-5-9(14-2)6-4-8/h3-6H,1-2H3,(H,11,12,13). The van der Waals surface area contributed by atoms with E-state index in [2.05, 4.69) is 5.32 Å². The van der Waals surface area contributed by atoms with E-state index < -0.39 is 5.91 Å². The average Bonchev–Trinajstić information content (AvgIpc) is 2.17. The fraction of sp³-hybridized carbons (Fsp3) is 0.200. The van der Waals surface area contributed by atoms with Crippen molar-refractivity contribution in [2.75, 3.05) is 7.11 Å². The first-order valence-electron chi connectivity index (χ1n) is 4.09. The molecule has 1 aromatic rings. The summed E-state index contributed by atoms with van der Waals surface area (Å²) in [6.07, 6.45) is 0. The third-order valence-electron chi connectivity index (χ3n) is 1.64. The molecule has 0 atom stereocenters. The Morgan fingerprint density at radius 3 is 2.21 bits per heavy atom. The number of ether oxygens (including phenoxy) is 1. The zero-order chi connectivity index (χ0) is 10.6. The summed E-state index contributed by atoms with van der Waals surface area (Å²) in [4.78, 5) is 21.9. The van der Waals surface area contributed by atoms with Gasteiger partial charge in [-0.2, -0.15) is 0 Å². The van der Waals surface area contributed by atoms with Crippen molar-refractivity contribution in [2.24, 2.45) is 0 Å². The molecule has 1 aromatic carbocycles. The Bertz CT molecular complexity index is 343. The van der Waals surface area contributed by atoms with Crippen LogP contribution in [0.3, 0.4) is 0 Å². The van der Waals surface area contributed by atoms with E-state index in [1.165, 1.54) is 6.92 Å². The summed E-state index contributed by atoms with van der Waals surface area (Å²) in [6, 6.07) is 6.51. The molecule has 0 aromatic heterocycles. The maximum absolute atomic E-state index is 11.3. The largest absolute Gasteiger partial charge is 0.497 e. The highest BCUT2D eigenvalue weighted by Gasteiger charge is 2.06. The van der Waals surface area contributed by atoms with Gasteiger partial charge in [0.1, 0.15) is 5.75 Å². The lowest BCUT2D eigenvalue weighted by Gasteiger charge is -2.02. The topological polar surface area (TPSA) is 55.4 Å². The summed E-state index contributed by atoms with van der Waals surface area (Å²) in [5, 5.41) is 2.18. The van der Waals surface area contributed by atoms with Crippen LogP contribution in [-0.2, 0) is 4.79 Å². The van der Waals surface area contributed by atoms with Crippen LogP contribution in [0.2, 0.25) is 0 Å². The van der Waals surface area contributed by atoms with Crippen molar-refractivity contribution >= 4 is 11.8 Å². The third-order valence-corrected chi connectivity index (χ3v) is 1.64. The molecule has 0 aliphatic carbocycles. The molecular weight excluding hydrogens is 182 g/mol. The lowest BCUT2D eigenvalue weighted by molar-refractivity contribution is -0.118. The molecule has 4 nitrogen and oxygen atoms in total. The Morgan fingerprint density at radius 1 is 1.21 bits per heavy atom. The summed E-state index contributed by atoms with van der Waals surface area (Å²) in [5.74, 6) is -0.102. The molecule has 1 N–H and O–H groups in total. The highest BCUT2D eigenvalue weighted by molar-refractivity contribution is 6.04. The molecule has 0 saturated carbocycles. The number of carbonyl (C=O) groups excluding carboxylic acids is 2. The predicted molar refractivity (Wildman–Crippen MR) is 51.1 cm³/mol. The van der Waals surface area contributed by atoms with E-state index in [-0.39, 0.29) is 5.91 Å². The molecule has 4 heteroatoms. The van der Waals surface area contributed by atoms with Gasteiger partial charge in [-0.05, 0) is 24.3 Å². The molecule has 0 radical (unpaired) electrons. The van der Waals surface area contributed by atoms with Gasteiger partial charge in [-0.1, -0.05) is 0 Å². The van der Waals surface area contributed by atoms with Gasteiger partial charge in [0.15, 0.2) is 0 Å². The van der Waals surface area contributed by atoms with Gasteiger partial charge in [0.05, 0.1) is 7.11 Å². The van der Waals surface area contributed by atoms with E-state index in [0.717, 1.165) is 0 Å². The number of imide groups is 1. The third kappa shape index (κ3) is 2.58. The molecule has 0 aliphatic rings. The molecule has 2 amide bonds. The number of nitrogens with one attached hydrogen (secondary N) is 1. The van der Waals surface area contributed by atoms with Crippen LogP contribution in [0.1, 0.15) is 17.3 Å². The molecule has 0 unspecified atom stereocenters. The highest BCUT2D eigenvalue weighted by Crippen LogP contribution is 2.10. The van der Waals surface area contributed by atoms with Crippen LogP contribution in [0.4, 0.5) is 0 Å². The smallest absolute Gasteiger partial charge is 0.257 e. The van der Waals surface area contributed by atoms with Crippen LogP contribution in [0.25, 0.3) is 0 Å². The van der Waals surface area contributed by atoms with Crippen molar-refractivity contribution in [1.82, 2.24) is 5.32 Å². The van der Waals surface area contributed by atoms with Crippen LogP contribution in [-0.4, -0.2) is 18.9 Å². The second-order valence-corrected chi connectivity index (χ2v) is 2.74. The number of carbonyl (C=O) groups is 2. The molecular formula is C10H11NO3. The fourth-order valence-electron chi connectivity index (χ4n) is 0.974. The number of benzene rings is 1. The second-order valence-electron chi connectivity index (χ2n) is 2.74. The van der Waals surface area contributed by atoms with Crippen molar-refractivity contribution < 1.29 is 14.3 Å². The molecule has 14 heavy (non-hydrogen) atoms. The molecule has 1 rings (SSSR count). The minimum atomic E-state index is -0.403. The minimum absolute atomic E-state index is 0.370. The predicted octanol–water partition coefficient (Wildman–Crippen LogP) is 0.972. The van der Waals surface area contributed by atoms with Crippen molar-refractivity contribution in [3.05, 3.63) is 29.8 Å². The van der Waals surface area contributed by atoms with E-state index in [1.807, 2.05) is 0 Å². The highest BCUT2D eigenvalue weighted by atomic mass is 16.5. The minimum Gasteiger partial charge on any atom is -0.497 e. The zero-order valence-corrected chi connectivity index (χ0v) is 8.03. The summed E-state index contributed by atoms with van der Waals surface area (Å²) in [7, 11) is 1.55. The van der Waals surface area contributed by atoms with Gasteiger partial charge in [0.2, 0.25) is 5.91 Å². The fourth-order valence-corrected chi connectivity index (χ4v) is 0.974. The first-order chi connectivity index (χ1) is 6.63. The first kappa shape index (κ1) is 10.2. The summed E-state index contributed by atoms with van der Waals surface area (Å²) in [5.41, 5.74) is 0.431. The number of rotatable bonds is 2. The van der Waals surface area contributed by atoms with E-state index in [9.17, 15) is 9.59 Å². The van der Waals surface area contributed by atoms with Crippen molar-refractivity contribution in [3.63, 3.8) is 0 Å².